The van der Waals surface area contributed by atoms with Crippen molar-refractivity contribution in [2.24, 2.45) is 5.41 Å². The van der Waals surface area contributed by atoms with Gasteiger partial charge in [-0.05, 0) is 50.3 Å². The molecule has 0 aliphatic heterocycles. The van der Waals surface area contributed by atoms with Gasteiger partial charge in [0.25, 0.3) is 0 Å². The van der Waals surface area contributed by atoms with Gasteiger partial charge >= 0.3 is 5.97 Å². The number of hydrogen-bond donors (Lipinski definition) is 1. The van der Waals surface area contributed by atoms with E-state index in [9.17, 15) is 9.90 Å². The second kappa shape index (κ2) is 7.93. The first-order valence-corrected chi connectivity index (χ1v) is 7.38. The van der Waals surface area contributed by atoms with Gasteiger partial charge in [-0.1, -0.05) is 31.9 Å². The minimum absolute atomic E-state index is 0.0986. The van der Waals surface area contributed by atoms with Crippen LogP contribution in [0.5, 0.6) is 5.75 Å². The van der Waals surface area contributed by atoms with Gasteiger partial charge in [0.05, 0.1) is 12.5 Å². The van der Waals surface area contributed by atoms with Crippen molar-refractivity contribution in [1.29, 1.82) is 0 Å². The highest BCUT2D eigenvalue weighted by molar-refractivity contribution is 5.76. The van der Waals surface area contributed by atoms with E-state index in [1.54, 1.807) is 12.1 Å². The lowest BCUT2D eigenvalue weighted by atomic mass is 9.82. The van der Waals surface area contributed by atoms with Crippen LogP contribution in [0.1, 0.15) is 51.5 Å². The van der Waals surface area contributed by atoms with Gasteiger partial charge in [-0.15, -0.1) is 0 Å². The summed E-state index contributed by atoms with van der Waals surface area (Å²) in [6.07, 6.45) is 5.96. The standard InChI is InChI=1S/C17H26O3/c1-4-17(2,16(19)20-3)13-7-5-6-8-14-9-11-15(18)12-10-14/h9-12,18H,4-8,13H2,1-3H3. The summed E-state index contributed by atoms with van der Waals surface area (Å²) in [5.41, 5.74) is 0.904. The minimum Gasteiger partial charge on any atom is -0.508 e. The van der Waals surface area contributed by atoms with E-state index in [1.165, 1.54) is 12.7 Å². The molecular weight excluding hydrogens is 252 g/mol. The van der Waals surface area contributed by atoms with Crippen molar-refractivity contribution in [2.45, 2.75) is 52.4 Å². The van der Waals surface area contributed by atoms with Crippen molar-refractivity contribution in [1.82, 2.24) is 0 Å². The van der Waals surface area contributed by atoms with Crippen molar-refractivity contribution in [3.05, 3.63) is 29.8 Å². The molecule has 0 saturated carbocycles. The van der Waals surface area contributed by atoms with Gasteiger partial charge in [-0.25, -0.2) is 0 Å². The predicted molar refractivity (Wildman–Crippen MR) is 80.7 cm³/mol. The van der Waals surface area contributed by atoms with Gasteiger partial charge in [-0.3, -0.25) is 4.79 Å². The predicted octanol–water partition coefficient (Wildman–Crippen LogP) is 4.08. The molecule has 0 heterocycles. The highest BCUT2D eigenvalue weighted by Crippen LogP contribution is 2.30. The quantitative estimate of drug-likeness (QED) is 0.575. The summed E-state index contributed by atoms with van der Waals surface area (Å²) in [5, 5.41) is 9.21. The largest absolute Gasteiger partial charge is 0.508 e. The molecule has 1 atom stereocenters. The molecule has 112 valence electrons. The van der Waals surface area contributed by atoms with E-state index in [0.29, 0.717) is 5.75 Å². The second-order valence-corrected chi connectivity index (χ2v) is 5.63. The maximum absolute atomic E-state index is 11.7. The maximum Gasteiger partial charge on any atom is 0.311 e. The normalized spacial score (nSPS) is 13.8. The molecule has 1 aromatic rings. The van der Waals surface area contributed by atoms with E-state index in [2.05, 4.69) is 0 Å². The van der Waals surface area contributed by atoms with E-state index in [4.69, 9.17) is 4.74 Å². The van der Waals surface area contributed by atoms with Crippen molar-refractivity contribution < 1.29 is 14.6 Å². The average molecular weight is 278 g/mol. The zero-order chi connectivity index (χ0) is 15.0. The van der Waals surface area contributed by atoms with E-state index >= 15 is 0 Å². The number of unbranched alkanes of at least 4 members (excludes halogenated alkanes) is 2. The molecule has 3 heteroatoms. The number of ether oxygens (including phenoxy) is 1. The molecular formula is C17H26O3. The third kappa shape index (κ3) is 4.87. The summed E-state index contributed by atoms with van der Waals surface area (Å²) in [6, 6.07) is 7.36. The number of aryl methyl sites for hydroxylation is 1. The monoisotopic (exact) mass is 278 g/mol. The number of aromatic hydroxyl groups is 1. The number of carbonyl (C=O) groups is 1. The summed E-state index contributed by atoms with van der Waals surface area (Å²) in [4.78, 5) is 11.7. The highest BCUT2D eigenvalue weighted by atomic mass is 16.5. The third-order valence-corrected chi connectivity index (χ3v) is 4.09. The van der Waals surface area contributed by atoms with Crippen LogP contribution in [0.4, 0.5) is 0 Å². The number of phenols is 1. The van der Waals surface area contributed by atoms with E-state index in [1.807, 2.05) is 26.0 Å². The Balaban J connectivity index is 2.27. The third-order valence-electron chi connectivity index (χ3n) is 4.09. The minimum atomic E-state index is -0.340. The topological polar surface area (TPSA) is 46.5 Å². The maximum atomic E-state index is 11.7. The van der Waals surface area contributed by atoms with Crippen LogP contribution >= 0.6 is 0 Å². The summed E-state index contributed by atoms with van der Waals surface area (Å²) in [6.45, 7) is 4.02. The molecule has 0 amide bonds. The lowest BCUT2D eigenvalue weighted by molar-refractivity contribution is -0.152. The lowest BCUT2D eigenvalue weighted by Crippen LogP contribution is -2.28. The SMILES string of the molecule is CCC(C)(CCCCCc1ccc(O)cc1)C(=O)OC. The van der Waals surface area contributed by atoms with Crippen LogP contribution in [0.15, 0.2) is 24.3 Å². The van der Waals surface area contributed by atoms with Gasteiger partial charge in [0.15, 0.2) is 0 Å². The summed E-state index contributed by atoms with van der Waals surface area (Å²) in [7, 11) is 1.46. The van der Waals surface area contributed by atoms with E-state index in [-0.39, 0.29) is 11.4 Å². The number of phenolic OH excluding ortho intramolecular Hbond substituents is 1. The first-order chi connectivity index (χ1) is 9.51. The fourth-order valence-electron chi connectivity index (χ4n) is 2.35. The summed E-state index contributed by atoms with van der Waals surface area (Å²) >= 11 is 0. The van der Waals surface area contributed by atoms with Crippen molar-refractivity contribution in [2.75, 3.05) is 7.11 Å². The molecule has 1 rings (SSSR count). The Kier molecular flexibility index (Phi) is 6.56. The van der Waals surface area contributed by atoms with Crippen LogP contribution in [0.3, 0.4) is 0 Å². The molecule has 0 radical (unpaired) electrons. The van der Waals surface area contributed by atoms with E-state index in [0.717, 1.165) is 38.5 Å². The second-order valence-electron chi connectivity index (χ2n) is 5.63. The fraction of sp³-hybridized carbons (Fsp3) is 0.588. The molecule has 0 spiro atoms. The summed E-state index contributed by atoms with van der Waals surface area (Å²) in [5.74, 6) is 0.212. The Morgan fingerprint density at radius 1 is 1.20 bits per heavy atom. The van der Waals surface area contributed by atoms with Crippen LogP contribution in [0, 0.1) is 5.41 Å². The Hall–Kier alpha value is -1.51. The van der Waals surface area contributed by atoms with Crippen LogP contribution in [-0.4, -0.2) is 18.2 Å². The smallest absolute Gasteiger partial charge is 0.311 e. The van der Waals surface area contributed by atoms with Crippen LogP contribution in [-0.2, 0) is 16.0 Å². The van der Waals surface area contributed by atoms with Gasteiger partial charge < -0.3 is 9.84 Å². The van der Waals surface area contributed by atoms with Gasteiger partial charge in [0.1, 0.15) is 5.75 Å². The highest BCUT2D eigenvalue weighted by Gasteiger charge is 2.31. The molecule has 0 bridgehead atoms. The molecule has 0 aromatic heterocycles. The van der Waals surface area contributed by atoms with Crippen molar-refractivity contribution >= 4 is 5.97 Å². The zero-order valence-electron chi connectivity index (χ0n) is 12.8. The first-order valence-electron chi connectivity index (χ1n) is 7.38. The molecule has 0 fully saturated rings. The van der Waals surface area contributed by atoms with Crippen LogP contribution in [0.25, 0.3) is 0 Å². The van der Waals surface area contributed by atoms with Crippen LogP contribution in [0.2, 0.25) is 0 Å². The van der Waals surface area contributed by atoms with Crippen molar-refractivity contribution in [3.63, 3.8) is 0 Å². The lowest BCUT2D eigenvalue weighted by Gasteiger charge is -2.24. The molecule has 0 aliphatic carbocycles. The molecule has 1 aromatic carbocycles. The molecule has 3 nitrogen and oxygen atoms in total. The number of esters is 1. The fourth-order valence-corrected chi connectivity index (χ4v) is 2.35. The molecule has 1 unspecified atom stereocenters. The number of rotatable bonds is 8. The Labute approximate surface area is 122 Å². The first kappa shape index (κ1) is 16.5. The molecule has 0 aliphatic rings. The number of carbonyl (C=O) groups excluding carboxylic acids is 1. The molecule has 1 N–H and O–H groups in total. The number of benzene rings is 1. The zero-order valence-corrected chi connectivity index (χ0v) is 12.8. The molecule has 0 saturated heterocycles. The Bertz CT molecular complexity index is 411. The van der Waals surface area contributed by atoms with Gasteiger partial charge in [0, 0.05) is 0 Å². The van der Waals surface area contributed by atoms with Gasteiger partial charge in [0.2, 0.25) is 0 Å². The summed E-state index contributed by atoms with van der Waals surface area (Å²) < 4.78 is 4.88. The number of methoxy groups -OCH3 is 1. The van der Waals surface area contributed by atoms with E-state index < -0.39 is 0 Å². The number of hydrogen-bond acceptors (Lipinski definition) is 3. The Morgan fingerprint density at radius 3 is 2.40 bits per heavy atom. The molecule has 20 heavy (non-hydrogen) atoms. The van der Waals surface area contributed by atoms with Crippen LogP contribution < -0.4 is 0 Å². The Morgan fingerprint density at radius 2 is 1.85 bits per heavy atom. The van der Waals surface area contributed by atoms with Gasteiger partial charge in [-0.2, -0.15) is 0 Å². The van der Waals surface area contributed by atoms with Crippen molar-refractivity contribution in [3.8, 4) is 5.75 Å². The average Bonchev–Trinajstić information content (AvgIpc) is 2.47.